The van der Waals surface area contributed by atoms with Crippen LogP contribution in [0.15, 0.2) is 18.3 Å². The number of sulfone groups is 1. The van der Waals surface area contributed by atoms with E-state index in [-0.39, 0.29) is 5.75 Å². The molecule has 0 saturated carbocycles. The van der Waals surface area contributed by atoms with Crippen molar-refractivity contribution in [3.8, 4) is 0 Å². The van der Waals surface area contributed by atoms with Gasteiger partial charge in [-0.3, -0.25) is 15.1 Å². The Balaban J connectivity index is 2.27. The van der Waals surface area contributed by atoms with Crippen LogP contribution < -0.4 is 5.32 Å². The van der Waals surface area contributed by atoms with Crippen molar-refractivity contribution < 1.29 is 22.7 Å². The molecule has 0 bridgehead atoms. The van der Waals surface area contributed by atoms with E-state index in [4.69, 9.17) is 5.11 Å². The number of hydrogen-bond donors (Lipinski definition) is 2. The van der Waals surface area contributed by atoms with Gasteiger partial charge in [-0.05, 0) is 12.1 Å². The molecule has 0 aromatic carbocycles. The Hall–Kier alpha value is -1.54. The summed E-state index contributed by atoms with van der Waals surface area (Å²) in [6.07, 6.45) is 0.966. The van der Waals surface area contributed by atoms with Crippen LogP contribution in [0.5, 0.6) is 0 Å². The van der Waals surface area contributed by atoms with Crippen LogP contribution in [-0.4, -0.2) is 42.0 Å². The second-order valence-electron chi connectivity index (χ2n) is 4.09. The van der Waals surface area contributed by atoms with Crippen LogP contribution in [0.25, 0.3) is 0 Å². The van der Waals surface area contributed by atoms with Gasteiger partial charge in [-0.1, -0.05) is 0 Å². The molecule has 1 saturated heterocycles. The van der Waals surface area contributed by atoms with Gasteiger partial charge in [-0.25, -0.2) is 12.8 Å². The van der Waals surface area contributed by atoms with E-state index in [9.17, 15) is 17.6 Å². The highest BCUT2D eigenvalue weighted by Crippen LogP contribution is 2.19. The first kappa shape index (κ1) is 12.9. The van der Waals surface area contributed by atoms with E-state index in [1.54, 1.807) is 0 Å². The van der Waals surface area contributed by atoms with Crippen LogP contribution in [0, 0.1) is 5.82 Å². The number of carboxylic acid groups (broad SMARTS) is 1. The number of nitrogens with zero attached hydrogens (tertiary/aromatic N) is 1. The van der Waals surface area contributed by atoms with Gasteiger partial charge in [0.2, 0.25) is 0 Å². The fraction of sp³-hybridized carbons (Fsp3) is 0.400. The zero-order valence-corrected chi connectivity index (χ0v) is 10.0. The summed E-state index contributed by atoms with van der Waals surface area (Å²) in [5.41, 5.74) is 0.311. The normalized spacial score (nSPS) is 26.7. The van der Waals surface area contributed by atoms with Crippen LogP contribution >= 0.6 is 0 Å². The van der Waals surface area contributed by atoms with Crippen molar-refractivity contribution in [1.82, 2.24) is 10.3 Å². The predicted molar refractivity (Wildman–Crippen MR) is 60.1 cm³/mol. The van der Waals surface area contributed by atoms with Crippen LogP contribution in [0.2, 0.25) is 0 Å². The Kier molecular flexibility index (Phi) is 3.31. The van der Waals surface area contributed by atoms with Gasteiger partial charge in [0.25, 0.3) is 0 Å². The van der Waals surface area contributed by atoms with E-state index in [1.165, 1.54) is 6.07 Å². The molecule has 2 unspecified atom stereocenters. The number of aliphatic carboxylic acids is 1. The predicted octanol–water partition coefficient (Wildman–Crippen LogP) is -0.267. The molecule has 0 spiro atoms. The number of rotatable bonds is 2. The number of carboxylic acids is 1. The first-order valence-electron chi connectivity index (χ1n) is 5.18. The Morgan fingerprint density at radius 3 is 2.72 bits per heavy atom. The van der Waals surface area contributed by atoms with E-state index in [1.807, 2.05) is 0 Å². The van der Waals surface area contributed by atoms with Crippen molar-refractivity contribution in [3.05, 3.63) is 29.8 Å². The molecule has 18 heavy (non-hydrogen) atoms. The lowest BCUT2D eigenvalue weighted by atomic mass is 10.2. The van der Waals surface area contributed by atoms with Gasteiger partial charge in [-0.15, -0.1) is 0 Å². The summed E-state index contributed by atoms with van der Waals surface area (Å²) in [4.78, 5) is 14.6. The van der Waals surface area contributed by atoms with Crippen molar-refractivity contribution in [3.63, 3.8) is 0 Å². The SMILES string of the molecule is O=C(O)C1CS(=O)(=O)CC(c2ccc(F)cn2)N1. The summed E-state index contributed by atoms with van der Waals surface area (Å²) in [5, 5.41) is 11.6. The highest BCUT2D eigenvalue weighted by molar-refractivity contribution is 7.91. The van der Waals surface area contributed by atoms with Gasteiger partial charge in [-0.2, -0.15) is 0 Å². The number of hydrogen-bond acceptors (Lipinski definition) is 5. The Morgan fingerprint density at radius 1 is 1.44 bits per heavy atom. The van der Waals surface area contributed by atoms with E-state index >= 15 is 0 Å². The molecule has 1 aromatic rings. The van der Waals surface area contributed by atoms with Gasteiger partial charge < -0.3 is 5.11 Å². The summed E-state index contributed by atoms with van der Waals surface area (Å²) in [6, 6.07) is 0.597. The van der Waals surface area contributed by atoms with E-state index < -0.39 is 39.5 Å². The summed E-state index contributed by atoms with van der Waals surface area (Å²) in [6.45, 7) is 0. The second kappa shape index (κ2) is 4.62. The maximum Gasteiger partial charge on any atom is 0.321 e. The lowest BCUT2D eigenvalue weighted by Gasteiger charge is -2.28. The molecule has 6 nitrogen and oxygen atoms in total. The highest BCUT2D eigenvalue weighted by atomic mass is 32.2. The van der Waals surface area contributed by atoms with E-state index in [0.29, 0.717) is 5.69 Å². The fourth-order valence-electron chi connectivity index (χ4n) is 1.82. The minimum atomic E-state index is -3.46. The maximum absolute atomic E-state index is 12.7. The molecule has 0 radical (unpaired) electrons. The molecule has 2 rings (SSSR count). The van der Waals surface area contributed by atoms with Crippen LogP contribution in [-0.2, 0) is 14.6 Å². The molecular formula is C10H11FN2O4S. The third-order valence-electron chi connectivity index (χ3n) is 2.65. The summed E-state index contributed by atoms with van der Waals surface area (Å²) in [7, 11) is -3.46. The fourth-order valence-corrected chi connectivity index (χ4v) is 3.48. The van der Waals surface area contributed by atoms with Crippen LogP contribution in [0.4, 0.5) is 4.39 Å². The van der Waals surface area contributed by atoms with Gasteiger partial charge in [0.15, 0.2) is 9.84 Å². The average Bonchev–Trinajstić information content (AvgIpc) is 2.27. The first-order valence-corrected chi connectivity index (χ1v) is 7.00. The number of halogens is 1. The third-order valence-corrected chi connectivity index (χ3v) is 4.33. The lowest BCUT2D eigenvalue weighted by molar-refractivity contribution is -0.139. The van der Waals surface area contributed by atoms with E-state index in [0.717, 1.165) is 12.3 Å². The van der Waals surface area contributed by atoms with E-state index in [2.05, 4.69) is 10.3 Å². The summed E-state index contributed by atoms with van der Waals surface area (Å²) in [5.74, 6) is -2.45. The lowest BCUT2D eigenvalue weighted by Crippen LogP contribution is -2.51. The molecule has 2 heterocycles. The Bertz CT molecular complexity index is 558. The zero-order valence-electron chi connectivity index (χ0n) is 9.21. The number of carbonyl (C=O) groups is 1. The van der Waals surface area contributed by atoms with Crippen LogP contribution in [0.1, 0.15) is 11.7 Å². The molecule has 1 aliphatic heterocycles. The van der Waals surface area contributed by atoms with Crippen LogP contribution in [0.3, 0.4) is 0 Å². The van der Waals surface area contributed by atoms with Gasteiger partial charge >= 0.3 is 5.97 Å². The molecule has 0 aliphatic carbocycles. The molecule has 8 heteroatoms. The number of pyridine rings is 1. The molecular weight excluding hydrogens is 263 g/mol. The number of aromatic nitrogens is 1. The minimum absolute atomic E-state index is 0.241. The topological polar surface area (TPSA) is 96.4 Å². The van der Waals surface area contributed by atoms with Gasteiger partial charge in [0.1, 0.15) is 11.9 Å². The highest BCUT2D eigenvalue weighted by Gasteiger charge is 2.36. The summed E-state index contributed by atoms with van der Waals surface area (Å²) >= 11 is 0. The van der Waals surface area contributed by atoms with Crippen molar-refractivity contribution >= 4 is 15.8 Å². The van der Waals surface area contributed by atoms with Crippen molar-refractivity contribution in [2.45, 2.75) is 12.1 Å². The largest absolute Gasteiger partial charge is 0.480 e. The summed E-state index contributed by atoms with van der Waals surface area (Å²) < 4.78 is 35.9. The average molecular weight is 274 g/mol. The maximum atomic E-state index is 12.7. The Labute approximate surface area is 103 Å². The van der Waals surface area contributed by atoms with Crippen molar-refractivity contribution in [2.24, 2.45) is 0 Å². The molecule has 98 valence electrons. The van der Waals surface area contributed by atoms with Gasteiger partial charge in [0, 0.05) is 0 Å². The second-order valence-corrected chi connectivity index (χ2v) is 6.24. The quantitative estimate of drug-likeness (QED) is 0.771. The Morgan fingerprint density at radius 2 is 2.17 bits per heavy atom. The molecule has 2 atom stereocenters. The standard InChI is InChI=1S/C10H11FN2O4S/c11-6-1-2-7(12-3-6)8-4-18(16,17)5-9(13-8)10(14)15/h1-3,8-9,13H,4-5H2,(H,14,15). The minimum Gasteiger partial charge on any atom is -0.480 e. The molecule has 1 aromatic heterocycles. The molecule has 2 N–H and O–H groups in total. The third kappa shape index (κ3) is 2.82. The smallest absolute Gasteiger partial charge is 0.321 e. The monoisotopic (exact) mass is 274 g/mol. The molecule has 1 fully saturated rings. The first-order chi connectivity index (χ1) is 8.37. The van der Waals surface area contributed by atoms with Crippen molar-refractivity contribution in [1.29, 1.82) is 0 Å². The zero-order chi connectivity index (χ0) is 13.3. The molecule has 0 amide bonds. The number of nitrogens with one attached hydrogen (secondary N) is 1. The van der Waals surface area contributed by atoms with Crippen molar-refractivity contribution in [2.75, 3.05) is 11.5 Å². The molecule has 1 aliphatic rings. The van der Waals surface area contributed by atoms with Gasteiger partial charge in [0.05, 0.1) is 29.4 Å².